The number of unbranched alkanes of at least 4 members (excludes halogenated alkanes) is 7. The number of aryl methyl sites for hydroxylation is 1. The monoisotopic (exact) mass is 428 g/mol. The molecule has 160 valence electrons. The van der Waals surface area contributed by atoms with Crippen molar-refractivity contribution in [2.24, 2.45) is 0 Å². The van der Waals surface area contributed by atoms with Gasteiger partial charge in [0.05, 0.1) is 4.90 Å². The van der Waals surface area contributed by atoms with Gasteiger partial charge in [-0.3, -0.25) is 0 Å². The Morgan fingerprint density at radius 3 is 2.07 bits per heavy atom. The molecule has 29 heavy (non-hydrogen) atoms. The van der Waals surface area contributed by atoms with Crippen molar-refractivity contribution >= 4 is 9.84 Å². The molecule has 0 aliphatic carbocycles. The molecular weight excluding hydrogens is 401 g/mol. The van der Waals surface area contributed by atoms with E-state index in [1.54, 1.807) is 6.07 Å². The summed E-state index contributed by atoms with van der Waals surface area (Å²) in [5.74, 6) is 0.348. The average molecular weight is 429 g/mol. The van der Waals surface area contributed by atoms with Crippen LogP contribution in [0, 0.1) is 0 Å². The third-order valence-corrected chi connectivity index (χ3v) is 6.37. The van der Waals surface area contributed by atoms with Gasteiger partial charge in [-0.1, -0.05) is 51.9 Å². The number of aromatic nitrogens is 2. The highest BCUT2D eigenvalue weighted by Crippen LogP contribution is 2.34. The Hall–Kier alpha value is -1.96. The van der Waals surface area contributed by atoms with Crippen LogP contribution < -0.4 is 0 Å². The minimum Gasteiger partial charge on any atom is -0.237 e. The molecule has 0 aliphatic rings. The molecule has 2 aromatic rings. The zero-order valence-electron chi connectivity index (χ0n) is 16.6. The first-order chi connectivity index (χ1) is 13.8. The van der Waals surface area contributed by atoms with Gasteiger partial charge in [0.2, 0.25) is 0 Å². The topological polar surface area (TPSA) is 59.9 Å². The summed E-state index contributed by atoms with van der Waals surface area (Å²) in [5, 5.41) is 0. The van der Waals surface area contributed by atoms with E-state index in [2.05, 4.69) is 16.9 Å². The molecule has 0 N–H and O–H groups in total. The van der Waals surface area contributed by atoms with E-state index in [1.165, 1.54) is 43.8 Å². The first-order valence-corrected chi connectivity index (χ1v) is 11.5. The molecule has 0 fully saturated rings. The van der Waals surface area contributed by atoms with Gasteiger partial charge in [-0.25, -0.2) is 18.4 Å². The number of benzene rings is 1. The van der Waals surface area contributed by atoms with Gasteiger partial charge >= 0.3 is 5.51 Å². The van der Waals surface area contributed by atoms with Gasteiger partial charge in [0.25, 0.3) is 9.84 Å². The lowest BCUT2D eigenvalue weighted by atomic mass is 10.0. The Bertz CT molecular complexity index is 869. The number of alkyl halides is 3. The van der Waals surface area contributed by atoms with Gasteiger partial charge in [-0.05, 0) is 42.7 Å². The molecule has 4 nitrogen and oxygen atoms in total. The standard InChI is InChI=1S/C21H27F3N2O2S/c1-2-3-4-5-6-7-8-9-11-17-16-18(20-25-14-10-15-26-20)12-13-19(17)29(27,28)21(22,23)24/h10,12-16H,2-9,11H2,1H3. The van der Waals surface area contributed by atoms with Crippen LogP contribution in [0.4, 0.5) is 13.2 Å². The lowest BCUT2D eigenvalue weighted by molar-refractivity contribution is -0.0436. The van der Waals surface area contributed by atoms with Crippen molar-refractivity contribution in [3.63, 3.8) is 0 Å². The number of sulfone groups is 1. The molecule has 0 atom stereocenters. The molecule has 0 spiro atoms. The summed E-state index contributed by atoms with van der Waals surface area (Å²) in [4.78, 5) is 7.51. The van der Waals surface area contributed by atoms with Crippen LogP contribution in [0.5, 0.6) is 0 Å². The van der Waals surface area contributed by atoms with Crippen LogP contribution in [-0.4, -0.2) is 23.9 Å². The molecule has 0 unspecified atom stereocenters. The van der Waals surface area contributed by atoms with E-state index in [-0.39, 0.29) is 12.0 Å². The van der Waals surface area contributed by atoms with Gasteiger partial charge in [0.1, 0.15) is 0 Å². The van der Waals surface area contributed by atoms with Crippen LogP contribution in [0.25, 0.3) is 11.4 Å². The summed E-state index contributed by atoms with van der Waals surface area (Å²) >= 11 is 0. The third kappa shape index (κ3) is 6.52. The minimum absolute atomic E-state index is 0.165. The molecule has 1 aromatic heterocycles. The maximum atomic E-state index is 13.1. The molecule has 0 aliphatic heterocycles. The van der Waals surface area contributed by atoms with E-state index in [9.17, 15) is 21.6 Å². The lowest BCUT2D eigenvalue weighted by Crippen LogP contribution is -2.24. The molecule has 0 saturated heterocycles. The molecule has 1 aromatic carbocycles. The number of hydrogen-bond donors (Lipinski definition) is 0. The van der Waals surface area contributed by atoms with Crippen molar-refractivity contribution in [3.8, 4) is 11.4 Å². The summed E-state index contributed by atoms with van der Waals surface area (Å²) in [6.07, 6.45) is 11.6. The van der Waals surface area contributed by atoms with E-state index in [0.29, 0.717) is 17.8 Å². The van der Waals surface area contributed by atoms with Crippen LogP contribution in [0.1, 0.15) is 63.9 Å². The van der Waals surface area contributed by atoms with Gasteiger partial charge in [-0.2, -0.15) is 13.2 Å². The van der Waals surface area contributed by atoms with E-state index in [4.69, 9.17) is 0 Å². The second kappa shape index (κ2) is 10.7. The zero-order valence-corrected chi connectivity index (χ0v) is 17.4. The van der Waals surface area contributed by atoms with E-state index in [1.807, 2.05) is 0 Å². The average Bonchev–Trinajstić information content (AvgIpc) is 2.69. The van der Waals surface area contributed by atoms with Crippen molar-refractivity contribution in [3.05, 3.63) is 42.2 Å². The number of halogens is 3. The van der Waals surface area contributed by atoms with Gasteiger partial charge in [0, 0.05) is 18.0 Å². The summed E-state index contributed by atoms with van der Waals surface area (Å²) < 4.78 is 63.3. The first kappa shape index (κ1) is 23.3. The summed E-state index contributed by atoms with van der Waals surface area (Å²) in [7, 11) is -5.40. The predicted molar refractivity (Wildman–Crippen MR) is 107 cm³/mol. The van der Waals surface area contributed by atoms with Crippen molar-refractivity contribution in [1.82, 2.24) is 9.97 Å². The predicted octanol–water partition coefficient (Wildman–Crippen LogP) is 6.12. The van der Waals surface area contributed by atoms with Gasteiger partial charge < -0.3 is 0 Å². The summed E-state index contributed by atoms with van der Waals surface area (Å²) in [5.41, 5.74) is -4.66. The summed E-state index contributed by atoms with van der Waals surface area (Å²) in [6, 6.07) is 5.45. The normalized spacial score (nSPS) is 12.3. The maximum absolute atomic E-state index is 13.1. The Kier molecular flexibility index (Phi) is 8.61. The Labute approximate surface area is 170 Å². The van der Waals surface area contributed by atoms with E-state index in [0.717, 1.165) is 31.7 Å². The fraction of sp³-hybridized carbons (Fsp3) is 0.524. The minimum atomic E-state index is -5.40. The van der Waals surface area contributed by atoms with Crippen molar-refractivity contribution in [1.29, 1.82) is 0 Å². The fourth-order valence-corrected chi connectivity index (χ4v) is 4.20. The molecule has 0 amide bonds. The van der Waals surface area contributed by atoms with Gasteiger partial charge in [-0.15, -0.1) is 0 Å². The van der Waals surface area contributed by atoms with Crippen LogP contribution in [0.15, 0.2) is 41.6 Å². The van der Waals surface area contributed by atoms with Crippen LogP contribution >= 0.6 is 0 Å². The maximum Gasteiger partial charge on any atom is 0.501 e. The largest absolute Gasteiger partial charge is 0.501 e. The highest BCUT2D eigenvalue weighted by atomic mass is 32.2. The van der Waals surface area contributed by atoms with Crippen molar-refractivity contribution < 1.29 is 21.6 Å². The zero-order chi connectivity index (χ0) is 21.3. The van der Waals surface area contributed by atoms with Crippen molar-refractivity contribution in [2.75, 3.05) is 0 Å². The van der Waals surface area contributed by atoms with Crippen LogP contribution in [-0.2, 0) is 16.3 Å². The van der Waals surface area contributed by atoms with E-state index >= 15 is 0 Å². The second-order valence-corrected chi connectivity index (χ2v) is 8.98. The number of rotatable bonds is 11. The van der Waals surface area contributed by atoms with Gasteiger partial charge in [0.15, 0.2) is 5.82 Å². The highest BCUT2D eigenvalue weighted by Gasteiger charge is 2.47. The van der Waals surface area contributed by atoms with Crippen LogP contribution in [0.3, 0.4) is 0 Å². The van der Waals surface area contributed by atoms with E-state index < -0.39 is 20.2 Å². The second-order valence-electron chi connectivity index (χ2n) is 7.07. The highest BCUT2D eigenvalue weighted by molar-refractivity contribution is 7.92. The molecular formula is C21H27F3N2O2S. The molecule has 0 saturated carbocycles. The Morgan fingerprint density at radius 1 is 0.897 bits per heavy atom. The SMILES string of the molecule is CCCCCCCCCCc1cc(-c2ncccn2)ccc1S(=O)(=O)C(F)(F)F. The Balaban J connectivity index is 2.15. The molecule has 0 radical (unpaired) electrons. The summed E-state index contributed by atoms with van der Waals surface area (Å²) in [6.45, 7) is 2.15. The lowest BCUT2D eigenvalue weighted by Gasteiger charge is -2.14. The molecule has 1 heterocycles. The first-order valence-electron chi connectivity index (χ1n) is 9.99. The third-order valence-electron chi connectivity index (χ3n) is 4.78. The quantitative estimate of drug-likeness (QED) is 0.405. The molecule has 8 heteroatoms. The number of hydrogen-bond acceptors (Lipinski definition) is 4. The number of nitrogens with zero attached hydrogens (tertiary/aromatic N) is 2. The van der Waals surface area contributed by atoms with Crippen molar-refractivity contribution in [2.45, 2.75) is 75.1 Å². The smallest absolute Gasteiger partial charge is 0.237 e. The molecule has 0 bridgehead atoms. The Morgan fingerprint density at radius 2 is 1.48 bits per heavy atom. The van der Waals surface area contributed by atoms with Crippen LogP contribution in [0.2, 0.25) is 0 Å². The fourth-order valence-electron chi connectivity index (χ4n) is 3.20. The molecule has 2 rings (SSSR count).